The molecule has 0 heterocycles. The van der Waals surface area contributed by atoms with Crippen molar-refractivity contribution in [3.63, 3.8) is 0 Å². The number of carbonyl (C=O) groups is 1. The molecule has 0 saturated heterocycles. The van der Waals surface area contributed by atoms with Crippen LogP contribution in [0.2, 0.25) is 0 Å². The monoisotopic (exact) mass is 306 g/mol. The van der Waals surface area contributed by atoms with Crippen molar-refractivity contribution < 1.29 is 4.79 Å². The van der Waals surface area contributed by atoms with Crippen LogP contribution in [-0.2, 0) is 4.79 Å². The highest BCUT2D eigenvalue weighted by Gasteiger charge is 2.29. The molecule has 0 spiro atoms. The first-order valence-corrected chi connectivity index (χ1v) is 8.73. The second kappa shape index (κ2) is 7.32. The summed E-state index contributed by atoms with van der Waals surface area (Å²) in [6, 6.07) is 8.18. The van der Waals surface area contributed by atoms with E-state index in [-0.39, 0.29) is 5.91 Å². The number of hydrogen-bond donors (Lipinski definition) is 2. The fourth-order valence-electron chi connectivity index (χ4n) is 2.50. The average molecular weight is 306 g/mol. The molecule has 0 aliphatic heterocycles. The van der Waals surface area contributed by atoms with Crippen LogP contribution in [0.25, 0.3) is 0 Å². The maximum Gasteiger partial charge on any atom is 0.231 e. The number of hydrogen-bond acceptors (Lipinski definition) is 3. The van der Waals surface area contributed by atoms with Gasteiger partial charge in [0.25, 0.3) is 0 Å². The van der Waals surface area contributed by atoms with E-state index in [4.69, 9.17) is 5.73 Å². The van der Waals surface area contributed by atoms with Crippen LogP contribution < -0.4 is 11.1 Å². The van der Waals surface area contributed by atoms with E-state index in [0.717, 1.165) is 17.4 Å². The Balaban J connectivity index is 1.94. The Bertz CT molecular complexity index is 462. The van der Waals surface area contributed by atoms with Crippen molar-refractivity contribution in [1.82, 2.24) is 0 Å². The second-order valence-corrected chi connectivity index (χ2v) is 7.49. The van der Waals surface area contributed by atoms with E-state index in [1.54, 1.807) is 0 Å². The SMILES string of the molecule is CCC(C)(CN)C(=O)Nc1ccc(SC2CCCC2)cc1. The van der Waals surface area contributed by atoms with Crippen molar-refractivity contribution in [2.24, 2.45) is 11.1 Å². The van der Waals surface area contributed by atoms with Crippen molar-refractivity contribution in [3.05, 3.63) is 24.3 Å². The predicted octanol–water partition coefficient (Wildman–Crippen LogP) is 4.03. The molecule has 1 amide bonds. The zero-order valence-electron chi connectivity index (χ0n) is 13.0. The van der Waals surface area contributed by atoms with E-state index in [1.165, 1.54) is 30.6 Å². The highest BCUT2D eigenvalue weighted by molar-refractivity contribution is 8.00. The molecule has 1 aromatic carbocycles. The lowest BCUT2D eigenvalue weighted by Crippen LogP contribution is -2.39. The molecule has 1 aromatic rings. The van der Waals surface area contributed by atoms with Gasteiger partial charge in [0.1, 0.15) is 0 Å². The van der Waals surface area contributed by atoms with Crippen LogP contribution >= 0.6 is 11.8 Å². The van der Waals surface area contributed by atoms with Crippen LogP contribution in [0.5, 0.6) is 0 Å². The van der Waals surface area contributed by atoms with Crippen LogP contribution in [-0.4, -0.2) is 17.7 Å². The molecule has 1 atom stereocenters. The van der Waals surface area contributed by atoms with Crippen molar-refractivity contribution in [3.8, 4) is 0 Å². The van der Waals surface area contributed by atoms with E-state index < -0.39 is 5.41 Å². The molecule has 4 heteroatoms. The van der Waals surface area contributed by atoms with Gasteiger partial charge in [0.2, 0.25) is 5.91 Å². The summed E-state index contributed by atoms with van der Waals surface area (Å²) in [5.41, 5.74) is 6.09. The van der Waals surface area contributed by atoms with E-state index in [2.05, 4.69) is 17.4 Å². The highest BCUT2D eigenvalue weighted by Crippen LogP contribution is 2.35. The van der Waals surface area contributed by atoms with Gasteiger partial charge in [-0.05, 0) is 50.5 Å². The topological polar surface area (TPSA) is 55.1 Å². The van der Waals surface area contributed by atoms with Crippen molar-refractivity contribution in [2.45, 2.75) is 56.1 Å². The first-order valence-electron chi connectivity index (χ1n) is 7.85. The van der Waals surface area contributed by atoms with Crippen LogP contribution in [0.1, 0.15) is 46.0 Å². The Labute approximate surface area is 132 Å². The van der Waals surface area contributed by atoms with E-state index in [1.807, 2.05) is 37.7 Å². The molecule has 0 radical (unpaired) electrons. The van der Waals surface area contributed by atoms with Gasteiger partial charge in [-0.3, -0.25) is 4.79 Å². The minimum atomic E-state index is -0.489. The molecule has 1 aliphatic rings. The number of benzene rings is 1. The zero-order chi connectivity index (χ0) is 15.3. The molecular formula is C17H26N2OS. The Hall–Kier alpha value is -1.00. The third kappa shape index (κ3) is 4.24. The molecule has 1 saturated carbocycles. The molecule has 1 unspecified atom stereocenters. The third-order valence-corrected chi connectivity index (χ3v) is 5.85. The summed E-state index contributed by atoms with van der Waals surface area (Å²) < 4.78 is 0. The molecule has 116 valence electrons. The fourth-order valence-corrected chi connectivity index (χ4v) is 3.74. The first kappa shape index (κ1) is 16.4. The van der Waals surface area contributed by atoms with Crippen LogP contribution in [0.4, 0.5) is 5.69 Å². The standard InChI is InChI=1S/C17H26N2OS/c1-3-17(2,12-18)16(20)19-13-8-10-15(11-9-13)21-14-6-4-5-7-14/h8-11,14H,3-7,12,18H2,1-2H3,(H,19,20). The largest absolute Gasteiger partial charge is 0.329 e. The lowest BCUT2D eigenvalue weighted by molar-refractivity contribution is -0.124. The van der Waals surface area contributed by atoms with Gasteiger partial charge in [-0.1, -0.05) is 19.8 Å². The molecule has 21 heavy (non-hydrogen) atoms. The normalized spacial score (nSPS) is 18.4. The van der Waals surface area contributed by atoms with Crippen LogP contribution in [0.3, 0.4) is 0 Å². The quantitative estimate of drug-likeness (QED) is 0.834. The van der Waals surface area contributed by atoms with Crippen LogP contribution in [0, 0.1) is 5.41 Å². The minimum Gasteiger partial charge on any atom is -0.329 e. The van der Waals surface area contributed by atoms with Gasteiger partial charge in [-0.15, -0.1) is 11.8 Å². The summed E-state index contributed by atoms with van der Waals surface area (Å²) in [5.74, 6) is 0.00342. The molecule has 0 aromatic heterocycles. The molecule has 3 N–H and O–H groups in total. The lowest BCUT2D eigenvalue weighted by Gasteiger charge is -2.25. The zero-order valence-corrected chi connectivity index (χ0v) is 13.8. The van der Waals surface area contributed by atoms with Crippen molar-refractivity contribution >= 4 is 23.4 Å². The Morgan fingerprint density at radius 1 is 1.33 bits per heavy atom. The first-order chi connectivity index (χ1) is 10.1. The number of carbonyl (C=O) groups excluding carboxylic acids is 1. The lowest BCUT2D eigenvalue weighted by atomic mass is 9.86. The summed E-state index contributed by atoms with van der Waals surface area (Å²) >= 11 is 1.96. The number of anilines is 1. The Morgan fingerprint density at radius 3 is 2.48 bits per heavy atom. The Morgan fingerprint density at radius 2 is 1.95 bits per heavy atom. The Kier molecular flexibility index (Phi) is 5.71. The fraction of sp³-hybridized carbons (Fsp3) is 0.588. The highest BCUT2D eigenvalue weighted by atomic mass is 32.2. The van der Waals surface area contributed by atoms with E-state index in [9.17, 15) is 4.79 Å². The number of nitrogens with one attached hydrogen (secondary N) is 1. The third-order valence-electron chi connectivity index (χ3n) is 4.50. The van der Waals surface area contributed by atoms with Gasteiger partial charge in [0, 0.05) is 22.4 Å². The van der Waals surface area contributed by atoms with Crippen LogP contribution in [0.15, 0.2) is 29.2 Å². The summed E-state index contributed by atoms with van der Waals surface area (Å²) in [6.45, 7) is 4.27. The number of rotatable bonds is 6. The van der Waals surface area contributed by atoms with Gasteiger partial charge >= 0.3 is 0 Å². The summed E-state index contributed by atoms with van der Waals surface area (Å²) in [7, 11) is 0. The molecule has 0 bridgehead atoms. The molecule has 1 aliphatic carbocycles. The van der Waals surface area contributed by atoms with Gasteiger partial charge in [-0.25, -0.2) is 0 Å². The number of amides is 1. The predicted molar refractivity (Wildman–Crippen MR) is 90.6 cm³/mol. The van der Waals surface area contributed by atoms with Gasteiger partial charge in [-0.2, -0.15) is 0 Å². The van der Waals surface area contributed by atoms with Gasteiger partial charge < -0.3 is 11.1 Å². The molecular weight excluding hydrogens is 280 g/mol. The number of nitrogens with two attached hydrogens (primary N) is 1. The molecule has 3 nitrogen and oxygen atoms in total. The van der Waals surface area contributed by atoms with E-state index in [0.29, 0.717) is 6.54 Å². The van der Waals surface area contributed by atoms with E-state index >= 15 is 0 Å². The summed E-state index contributed by atoms with van der Waals surface area (Å²) in [6.07, 6.45) is 6.12. The average Bonchev–Trinajstić information content (AvgIpc) is 3.01. The van der Waals surface area contributed by atoms with Gasteiger partial charge in [0.15, 0.2) is 0 Å². The number of thioether (sulfide) groups is 1. The molecule has 1 fully saturated rings. The molecule has 2 rings (SSSR count). The van der Waals surface area contributed by atoms with Gasteiger partial charge in [0.05, 0.1) is 5.41 Å². The van der Waals surface area contributed by atoms with Crippen molar-refractivity contribution in [1.29, 1.82) is 0 Å². The second-order valence-electron chi connectivity index (χ2n) is 6.12. The maximum absolute atomic E-state index is 12.3. The van der Waals surface area contributed by atoms with Crippen molar-refractivity contribution in [2.75, 3.05) is 11.9 Å². The summed E-state index contributed by atoms with van der Waals surface area (Å²) in [5, 5.41) is 3.75. The summed E-state index contributed by atoms with van der Waals surface area (Å²) in [4.78, 5) is 13.6. The maximum atomic E-state index is 12.3. The smallest absolute Gasteiger partial charge is 0.231 e. The minimum absolute atomic E-state index is 0.00342.